The molecule has 2 heterocycles. The van der Waals surface area contributed by atoms with Crippen molar-refractivity contribution in [1.29, 1.82) is 0 Å². The van der Waals surface area contributed by atoms with Crippen molar-refractivity contribution in [2.75, 3.05) is 13.1 Å². The third-order valence-electron chi connectivity index (χ3n) is 2.56. The van der Waals surface area contributed by atoms with Gasteiger partial charge in [-0.1, -0.05) is 0 Å². The van der Waals surface area contributed by atoms with E-state index in [1.165, 1.54) is 6.08 Å². The molecule has 2 rings (SSSR count). The van der Waals surface area contributed by atoms with Gasteiger partial charge < -0.3 is 4.90 Å². The van der Waals surface area contributed by atoms with Crippen molar-refractivity contribution < 1.29 is 14.4 Å². The summed E-state index contributed by atoms with van der Waals surface area (Å²) in [5.41, 5.74) is 0. The van der Waals surface area contributed by atoms with E-state index in [0.717, 1.165) is 44.1 Å². The zero-order valence-electron chi connectivity index (χ0n) is 8.69. The molecule has 0 unspecified atom stereocenters. The van der Waals surface area contributed by atoms with Crippen molar-refractivity contribution in [3.05, 3.63) is 11.0 Å². The Morgan fingerprint density at radius 3 is 2.50 bits per heavy atom. The second-order valence-electron chi connectivity index (χ2n) is 3.74. The fourth-order valence-corrected chi connectivity index (χ4v) is 2.39. The molecule has 3 amide bonds. The summed E-state index contributed by atoms with van der Waals surface area (Å²) in [6.45, 7) is 1.48. The van der Waals surface area contributed by atoms with E-state index in [2.05, 4.69) is 5.32 Å². The summed E-state index contributed by atoms with van der Waals surface area (Å²) < 4.78 is 0. The molecular formula is C10H12N2O3S. The lowest BCUT2D eigenvalue weighted by Crippen LogP contribution is -2.34. The van der Waals surface area contributed by atoms with Gasteiger partial charge in [0.25, 0.3) is 11.1 Å². The number of piperidine rings is 1. The van der Waals surface area contributed by atoms with Crippen LogP contribution in [0.4, 0.5) is 4.79 Å². The van der Waals surface area contributed by atoms with Crippen LogP contribution in [0.3, 0.4) is 0 Å². The van der Waals surface area contributed by atoms with Crippen molar-refractivity contribution in [2.45, 2.75) is 19.3 Å². The average Bonchev–Trinajstić information content (AvgIpc) is 2.59. The highest BCUT2D eigenvalue weighted by Crippen LogP contribution is 2.23. The summed E-state index contributed by atoms with van der Waals surface area (Å²) in [7, 11) is 0. The summed E-state index contributed by atoms with van der Waals surface area (Å²) >= 11 is 0.780. The largest absolute Gasteiger partial charge is 0.339 e. The monoisotopic (exact) mass is 240 g/mol. The molecule has 0 aromatic carbocycles. The van der Waals surface area contributed by atoms with Gasteiger partial charge in [-0.25, -0.2) is 0 Å². The quantitative estimate of drug-likeness (QED) is 0.690. The highest BCUT2D eigenvalue weighted by atomic mass is 32.2. The Bertz CT molecular complexity index is 372. The number of rotatable bonds is 1. The minimum atomic E-state index is -0.472. The lowest BCUT2D eigenvalue weighted by Gasteiger charge is -2.25. The average molecular weight is 240 g/mol. The number of thioether (sulfide) groups is 1. The molecular weight excluding hydrogens is 228 g/mol. The minimum absolute atomic E-state index is 0.174. The van der Waals surface area contributed by atoms with Crippen LogP contribution in [0.15, 0.2) is 11.0 Å². The van der Waals surface area contributed by atoms with Gasteiger partial charge in [-0.2, -0.15) is 0 Å². The molecule has 0 saturated carbocycles. The Hall–Kier alpha value is -1.30. The van der Waals surface area contributed by atoms with Crippen LogP contribution in [0.2, 0.25) is 0 Å². The molecule has 0 radical (unpaired) electrons. The molecule has 5 nitrogen and oxygen atoms in total. The predicted octanol–water partition coefficient (Wildman–Crippen LogP) is 0.866. The van der Waals surface area contributed by atoms with E-state index in [1.54, 1.807) is 4.90 Å². The van der Waals surface area contributed by atoms with Gasteiger partial charge in [0.15, 0.2) is 0 Å². The van der Waals surface area contributed by atoms with E-state index in [9.17, 15) is 14.4 Å². The number of imide groups is 1. The molecule has 2 aliphatic rings. The molecule has 0 bridgehead atoms. The zero-order valence-corrected chi connectivity index (χ0v) is 9.51. The fourth-order valence-electron chi connectivity index (χ4n) is 1.74. The number of nitrogens with one attached hydrogen (secondary N) is 1. The molecule has 0 aliphatic carbocycles. The summed E-state index contributed by atoms with van der Waals surface area (Å²) in [5, 5.41) is 1.71. The Balaban J connectivity index is 2.02. The molecule has 0 aromatic rings. The van der Waals surface area contributed by atoms with Crippen LogP contribution in [-0.2, 0) is 9.59 Å². The van der Waals surface area contributed by atoms with Crippen molar-refractivity contribution in [1.82, 2.24) is 10.2 Å². The third-order valence-corrected chi connectivity index (χ3v) is 3.37. The van der Waals surface area contributed by atoms with Gasteiger partial charge in [0.2, 0.25) is 5.91 Å². The maximum absolute atomic E-state index is 11.8. The number of nitrogens with zero attached hydrogens (tertiary/aromatic N) is 1. The first-order chi connectivity index (χ1) is 7.66. The first kappa shape index (κ1) is 11.2. The molecule has 6 heteroatoms. The Morgan fingerprint density at radius 1 is 1.25 bits per heavy atom. The van der Waals surface area contributed by atoms with Gasteiger partial charge in [-0.05, 0) is 31.0 Å². The van der Waals surface area contributed by atoms with Gasteiger partial charge >= 0.3 is 0 Å². The molecule has 2 aliphatic heterocycles. The fraction of sp³-hybridized carbons (Fsp3) is 0.500. The molecule has 16 heavy (non-hydrogen) atoms. The Morgan fingerprint density at radius 2 is 1.94 bits per heavy atom. The Kier molecular flexibility index (Phi) is 3.28. The molecule has 2 fully saturated rings. The van der Waals surface area contributed by atoms with E-state index in [1.807, 2.05) is 0 Å². The second kappa shape index (κ2) is 4.69. The van der Waals surface area contributed by atoms with E-state index in [-0.39, 0.29) is 10.8 Å². The molecule has 0 spiro atoms. The van der Waals surface area contributed by atoms with Crippen molar-refractivity contribution >= 4 is 28.8 Å². The van der Waals surface area contributed by atoms with Gasteiger partial charge in [-0.3, -0.25) is 19.7 Å². The first-order valence-corrected chi connectivity index (χ1v) is 6.02. The number of carbonyl (C=O) groups is 3. The van der Waals surface area contributed by atoms with Crippen LogP contribution in [0.5, 0.6) is 0 Å². The van der Waals surface area contributed by atoms with E-state index in [0.29, 0.717) is 0 Å². The number of carbonyl (C=O) groups excluding carboxylic acids is 3. The van der Waals surface area contributed by atoms with Crippen LogP contribution >= 0.6 is 11.8 Å². The molecule has 0 aromatic heterocycles. The molecule has 1 N–H and O–H groups in total. The van der Waals surface area contributed by atoms with Crippen LogP contribution in [-0.4, -0.2) is 35.0 Å². The SMILES string of the molecule is O=C1NC(=O)C(=CC(=O)N2CCCCC2)S1. The number of amides is 3. The topological polar surface area (TPSA) is 66.5 Å². The van der Waals surface area contributed by atoms with Crippen LogP contribution in [0.1, 0.15) is 19.3 Å². The van der Waals surface area contributed by atoms with E-state index < -0.39 is 11.1 Å². The van der Waals surface area contributed by atoms with E-state index in [4.69, 9.17) is 0 Å². The maximum atomic E-state index is 11.8. The molecule has 0 atom stereocenters. The van der Waals surface area contributed by atoms with Gasteiger partial charge in [-0.15, -0.1) is 0 Å². The smallest absolute Gasteiger partial charge is 0.290 e. The lowest BCUT2D eigenvalue weighted by molar-refractivity contribution is -0.127. The first-order valence-electron chi connectivity index (χ1n) is 5.20. The highest BCUT2D eigenvalue weighted by molar-refractivity contribution is 8.18. The zero-order chi connectivity index (χ0) is 11.5. The lowest BCUT2D eigenvalue weighted by atomic mass is 10.1. The minimum Gasteiger partial charge on any atom is -0.339 e. The Labute approximate surface area is 97.2 Å². The number of hydrogen-bond donors (Lipinski definition) is 1. The predicted molar refractivity (Wildman–Crippen MR) is 59.6 cm³/mol. The van der Waals surface area contributed by atoms with E-state index >= 15 is 0 Å². The number of hydrogen-bond acceptors (Lipinski definition) is 4. The van der Waals surface area contributed by atoms with Crippen LogP contribution < -0.4 is 5.32 Å². The van der Waals surface area contributed by atoms with Crippen LogP contribution in [0, 0.1) is 0 Å². The van der Waals surface area contributed by atoms with Crippen molar-refractivity contribution in [3.63, 3.8) is 0 Å². The van der Waals surface area contributed by atoms with Crippen molar-refractivity contribution in [2.24, 2.45) is 0 Å². The second-order valence-corrected chi connectivity index (χ2v) is 4.75. The maximum Gasteiger partial charge on any atom is 0.290 e. The van der Waals surface area contributed by atoms with Crippen LogP contribution in [0.25, 0.3) is 0 Å². The highest BCUT2D eigenvalue weighted by Gasteiger charge is 2.27. The summed E-state index contributed by atoms with van der Waals surface area (Å²) in [6.07, 6.45) is 4.42. The standard InChI is InChI=1S/C10H12N2O3S/c13-8(12-4-2-1-3-5-12)6-7-9(14)11-10(15)16-7/h6H,1-5H2,(H,11,14,15). The summed E-state index contributed by atoms with van der Waals surface area (Å²) in [5.74, 6) is -0.646. The number of likely N-dealkylation sites (tertiary alicyclic amines) is 1. The van der Waals surface area contributed by atoms with Gasteiger partial charge in [0, 0.05) is 19.2 Å². The molecule has 2 saturated heterocycles. The molecule has 86 valence electrons. The van der Waals surface area contributed by atoms with Gasteiger partial charge in [0.05, 0.1) is 4.91 Å². The summed E-state index contributed by atoms with van der Waals surface area (Å²) in [6, 6.07) is 0. The normalized spacial score (nSPS) is 23.8. The third kappa shape index (κ3) is 2.44. The summed E-state index contributed by atoms with van der Waals surface area (Å²) in [4.78, 5) is 35.8. The van der Waals surface area contributed by atoms with Gasteiger partial charge in [0.1, 0.15) is 0 Å². The van der Waals surface area contributed by atoms with Crippen molar-refractivity contribution in [3.8, 4) is 0 Å².